The first kappa shape index (κ1) is 9.99. The second-order valence-corrected chi connectivity index (χ2v) is 5.14. The number of thiazole rings is 1. The summed E-state index contributed by atoms with van der Waals surface area (Å²) in [5, 5.41) is 15.1. The highest BCUT2D eigenvalue weighted by molar-refractivity contribution is 7.15. The van der Waals surface area contributed by atoms with E-state index in [2.05, 4.69) is 10.1 Å². The molecule has 0 aliphatic heterocycles. The predicted octanol–water partition coefficient (Wildman–Crippen LogP) is 1.91. The first-order valence-corrected chi connectivity index (χ1v) is 6.23. The molecule has 2 aromatic heterocycles. The van der Waals surface area contributed by atoms with Crippen molar-refractivity contribution in [3.63, 3.8) is 0 Å². The third kappa shape index (κ3) is 1.56. The van der Waals surface area contributed by atoms with Crippen LogP contribution < -0.4 is 0 Å². The van der Waals surface area contributed by atoms with Gasteiger partial charge in [0.2, 0.25) is 0 Å². The number of nitrogens with zero attached hydrogens (tertiary/aromatic N) is 3. The van der Waals surface area contributed by atoms with Crippen LogP contribution in [0.15, 0.2) is 12.3 Å². The molecule has 1 atom stereocenters. The van der Waals surface area contributed by atoms with Gasteiger partial charge in [-0.3, -0.25) is 4.68 Å². The van der Waals surface area contributed by atoms with E-state index in [1.165, 1.54) is 0 Å². The van der Waals surface area contributed by atoms with Gasteiger partial charge in [-0.15, -0.1) is 11.3 Å². The Balaban J connectivity index is 2.04. The quantitative estimate of drug-likeness (QED) is 0.821. The van der Waals surface area contributed by atoms with Crippen molar-refractivity contribution in [1.29, 1.82) is 0 Å². The number of aryl methyl sites for hydroxylation is 2. The summed E-state index contributed by atoms with van der Waals surface area (Å²) < 4.78 is 1.77. The standard InChI is InChI=1S/C11H13N3OS/c1-14-6-5-8(13-14)11-12-7-3-2-4-9(15)10(7)16-11/h5-6,9,15H,2-4H2,1H3. The number of fused-ring (bicyclic) bond motifs is 1. The van der Waals surface area contributed by atoms with E-state index in [0.717, 1.165) is 40.5 Å². The van der Waals surface area contributed by atoms with Crippen LogP contribution in [0.2, 0.25) is 0 Å². The molecule has 0 radical (unpaired) electrons. The van der Waals surface area contributed by atoms with Gasteiger partial charge in [0.25, 0.3) is 0 Å². The van der Waals surface area contributed by atoms with Crippen molar-refractivity contribution in [2.75, 3.05) is 0 Å². The molecule has 16 heavy (non-hydrogen) atoms. The summed E-state index contributed by atoms with van der Waals surface area (Å²) in [4.78, 5) is 5.60. The Morgan fingerprint density at radius 3 is 3.12 bits per heavy atom. The van der Waals surface area contributed by atoms with Crippen LogP contribution in [-0.4, -0.2) is 19.9 Å². The fourth-order valence-corrected chi connectivity index (χ4v) is 3.13. The lowest BCUT2D eigenvalue weighted by atomic mass is 10.0. The molecule has 0 amide bonds. The van der Waals surface area contributed by atoms with E-state index in [-0.39, 0.29) is 6.10 Å². The molecule has 0 aromatic carbocycles. The van der Waals surface area contributed by atoms with Gasteiger partial charge in [-0.2, -0.15) is 5.10 Å². The first-order valence-electron chi connectivity index (χ1n) is 5.42. The minimum atomic E-state index is -0.321. The van der Waals surface area contributed by atoms with Gasteiger partial charge in [0, 0.05) is 13.2 Å². The maximum atomic E-state index is 9.87. The van der Waals surface area contributed by atoms with Crippen LogP contribution in [0.25, 0.3) is 10.7 Å². The van der Waals surface area contributed by atoms with Crippen LogP contribution in [0.4, 0.5) is 0 Å². The Morgan fingerprint density at radius 2 is 2.44 bits per heavy atom. The smallest absolute Gasteiger partial charge is 0.144 e. The molecule has 4 nitrogen and oxygen atoms in total. The molecule has 0 bridgehead atoms. The molecule has 1 aliphatic rings. The molecule has 2 heterocycles. The summed E-state index contributed by atoms with van der Waals surface area (Å²) in [5.74, 6) is 0. The molecule has 1 aliphatic carbocycles. The van der Waals surface area contributed by atoms with Crippen LogP contribution in [0, 0.1) is 0 Å². The second-order valence-electron chi connectivity index (χ2n) is 4.11. The molecule has 0 saturated carbocycles. The van der Waals surface area contributed by atoms with Gasteiger partial charge in [0.1, 0.15) is 10.7 Å². The van der Waals surface area contributed by atoms with E-state index in [1.54, 1.807) is 16.0 Å². The molecule has 0 saturated heterocycles. The molecule has 3 rings (SSSR count). The van der Waals surface area contributed by atoms with Crippen molar-refractivity contribution in [1.82, 2.24) is 14.8 Å². The summed E-state index contributed by atoms with van der Waals surface area (Å²) in [6.45, 7) is 0. The Kier molecular flexibility index (Phi) is 2.29. The molecule has 1 N–H and O–H groups in total. The van der Waals surface area contributed by atoms with E-state index in [9.17, 15) is 5.11 Å². The fourth-order valence-electron chi connectivity index (χ4n) is 2.04. The predicted molar refractivity (Wildman–Crippen MR) is 62.2 cm³/mol. The molecule has 2 aromatic rings. The number of rotatable bonds is 1. The first-order chi connectivity index (χ1) is 7.74. The third-order valence-corrected chi connectivity index (χ3v) is 4.08. The Bertz CT molecular complexity index is 517. The van der Waals surface area contributed by atoms with Gasteiger partial charge >= 0.3 is 0 Å². The summed E-state index contributed by atoms with van der Waals surface area (Å²) in [6.07, 6.45) is 4.46. The molecule has 1 unspecified atom stereocenters. The van der Waals surface area contributed by atoms with Gasteiger partial charge < -0.3 is 5.11 Å². The molecule has 0 spiro atoms. The lowest BCUT2D eigenvalue weighted by molar-refractivity contribution is 0.160. The zero-order valence-corrected chi connectivity index (χ0v) is 9.87. The van der Waals surface area contributed by atoms with Crippen molar-refractivity contribution in [3.05, 3.63) is 22.8 Å². The number of hydrogen-bond acceptors (Lipinski definition) is 4. The van der Waals surface area contributed by atoms with E-state index < -0.39 is 0 Å². The van der Waals surface area contributed by atoms with Gasteiger partial charge in [-0.1, -0.05) is 0 Å². The number of aliphatic hydroxyl groups excluding tert-OH is 1. The van der Waals surface area contributed by atoms with Crippen molar-refractivity contribution in [2.24, 2.45) is 7.05 Å². The van der Waals surface area contributed by atoms with Crippen molar-refractivity contribution in [2.45, 2.75) is 25.4 Å². The average molecular weight is 235 g/mol. The highest BCUT2D eigenvalue weighted by atomic mass is 32.1. The minimum Gasteiger partial charge on any atom is -0.388 e. The summed E-state index contributed by atoms with van der Waals surface area (Å²) in [5.41, 5.74) is 1.96. The van der Waals surface area contributed by atoms with Crippen LogP contribution in [0.5, 0.6) is 0 Å². The van der Waals surface area contributed by atoms with Crippen LogP contribution in [0.3, 0.4) is 0 Å². The van der Waals surface area contributed by atoms with E-state index in [4.69, 9.17) is 0 Å². The van der Waals surface area contributed by atoms with E-state index in [0.29, 0.717) is 0 Å². The lowest BCUT2D eigenvalue weighted by Crippen LogP contribution is -2.06. The fraction of sp³-hybridized carbons (Fsp3) is 0.455. The molecular formula is C11H13N3OS. The minimum absolute atomic E-state index is 0.321. The molecular weight excluding hydrogens is 222 g/mol. The number of hydrogen-bond donors (Lipinski definition) is 1. The van der Waals surface area contributed by atoms with Crippen molar-refractivity contribution >= 4 is 11.3 Å². The van der Waals surface area contributed by atoms with Gasteiger partial charge in [-0.05, 0) is 25.3 Å². The largest absolute Gasteiger partial charge is 0.388 e. The Morgan fingerprint density at radius 1 is 1.56 bits per heavy atom. The van der Waals surface area contributed by atoms with Crippen LogP contribution >= 0.6 is 11.3 Å². The SMILES string of the molecule is Cn1ccc(-c2nc3c(s2)C(O)CCC3)n1. The maximum Gasteiger partial charge on any atom is 0.144 e. The Hall–Kier alpha value is -1.20. The molecule has 84 valence electrons. The monoisotopic (exact) mass is 235 g/mol. The van der Waals surface area contributed by atoms with Crippen molar-refractivity contribution in [3.8, 4) is 10.7 Å². The van der Waals surface area contributed by atoms with Crippen molar-refractivity contribution < 1.29 is 5.11 Å². The Labute approximate surface area is 97.6 Å². The van der Waals surface area contributed by atoms with Gasteiger partial charge in [0.15, 0.2) is 0 Å². The number of aliphatic hydroxyl groups is 1. The highest BCUT2D eigenvalue weighted by Crippen LogP contribution is 2.37. The molecule has 5 heteroatoms. The van der Waals surface area contributed by atoms with Crippen LogP contribution in [0.1, 0.15) is 29.5 Å². The lowest BCUT2D eigenvalue weighted by Gasteiger charge is -2.14. The maximum absolute atomic E-state index is 9.87. The topological polar surface area (TPSA) is 50.9 Å². The zero-order valence-electron chi connectivity index (χ0n) is 9.05. The summed E-state index contributed by atoms with van der Waals surface area (Å²) in [7, 11) is 1.89. The van der Waals surface area contributed by atoms with Gasteiger partial charge in [-0.25, -0.2) is 4.98 Å². The molecule has 0 fully saturated rings. The van der Waals surface area contributed by atoms with Crippen LogP contribution in [-0.2, 0) is 13.5 Å². The third-order valence-electron chi connectivity index (χ3n) is 2.85. The summed E-state index contributed by atoms with van der Waals surface area (Å²) >= 11 is 1.57. The average Bonchev–Trinajstić information content (AvgIpc) is 2.84. The van der Waals surface area contributed by atoms with E-state index >= 15 is 0 Å². The van der Waals surface area contributed by atoms with Gasteiger partial charge in [0.05, 0.1) is 16.7 Å². The summed E-state index contributed by atoms with van der Waals surface area (Å²) in [6, 6.07) is 1.96. The normalized spacial score (nSPS) is 19.8. The van der Waals surface area contributed by atoms with E-state index in [1.807, 2.05) is 19.3 Å². The second kappa shape index (κ2) is 3.68. The number of aromatic nitrogens is 3. The highest BCUT2D eigenvalue weighted by Gasteiger charge is 2.23. The zero-order chi connectivity index (χ0) is 11.1.